The molecule has 1 rings (SSSR count). The van der Waals surface area contributed by atoms with Crippen LogP contribution in [0.1, 0.15) is 30.1 Å². The molecule has 0 aliphatic carbocycles. The maximum absolute atomic E-state index is 11.9. The zero-order chi connectivity index (χ0) is 10.8. The van der Waals surface area contributed by atoms with Crippen LogP contribution < -0.4 is 5.73 Å². The molecule has 2 nitrogen and oxygen atoms in total. The third-order valence-corrected chi connectivity index (χ3v) is 2.59. The Hall–Kier alpha value is -0.620. The molecular weight excluding hydrogens is 213 g/mol. The van der Waals surface area contributed by atoms with Gasteiger partial charge < -0.3 is 5.73 Å². The Bertz CT molecular complexity index is 293. The van der Waals surface area contributed by atoms with Crippen molar-refractivity contribution in [3.63, 3.8) is 0 Å². The SMILES string of the molecule is CC(N)c1csc(CCC(F)(F)F)n1. The number of nitrogens with two attached hydrogens (primary N) is 1. The quantitative estimate of drug-likeness (QED) is 0.857. The molecule has 1 aromatic rings. The molecular formula is C8H11F3N2S. The standard InChI is InChI=1S/C8H11F3N2S/c1-5(12)6-4-14-7(13-6)2-3-8(9,10)11/h4-5H,2-3,12H2,1H3. The summed E-state index contributed by atoms with van der Waals surface area (Å²) in [6, 6.07) is -0.217. The Morgan fingerprint density at radius 2 is 2.21 bits per heavy atom. The van der Waals surface area contributed by atoms with Crippen LogP contribution in [0.5, 0.6) is 0 Å². The van der Waals surface area contributed by atoms with Crippen molar-refractivity contribution in [1.82, 2.24) is 4.98 Å². The average Bonchev–Trinajstić information content (AvgIpc) is 2.47. The zero-order valence-corrected chi connectivity index (χ0v) is 8.45. The molecule has 6 heteroatoms. The molecule has 1 aromatic heterocycles. The van der Waals surface area contributed by atoms with Crippen LogP contribution in [0.25, 0.3) is 0 Å². The van der Waals surface area contributed by atoms with Gasteiger partial charge in [0.25, 0.3) is 0 Å². The fraction of sp³-hybridized carbons (Fsp3) is 0.625. The summed E-state index contributed by atoms with van der Waals surface area (Å²) in [7, 11) is 0. The van der Waals surface area contributed by atoms with Crippen LogP contribution in [-0.4, -0.2) is 11.2 Å². The molecule has 0 amide bonds. The summed E-state index contributed by atoms with van der Waals surface area (Å²) < 4.78 is 35.6. The molecule has 80 valence electrons. The van der Waals surface area contributed by atoms with E-state index in [0.29, 0.717) is 10.7 Å². The number of hydrogen-bond donors (Lipinski definition) is 1. The van der Waals surface area contributed by atoms with Gasteiger partial charge in [-0.25, -0.2) is 4.98 Å². The van der Waals surface area contributed by atoms with Crippen molar-refractivity contribution in [2.75, 3.05) is 0 Å². The monoisotopic (exact) mass is 224 g/mol. The molecule has 0 spiro atoms. The van der Waals surface area contributed by atoms with Crippen LogP contribution in [0.3, 0.4) is 0 Å². The van der Waals surface area contributed by atoms with E-state index in [4.69, 9.17) is 5.73 Å². The summed E-state index contributed by atoms with van der Waals surface area (Å²) in [5.41, 5.74) is 6.19. The summed E-state index contributed by atoms with van der Waals surface area (Å²) in [6.07, 6.45) is -4.99. The van der Waals surface area contributed by atoms with Crippen molar-refractivity contribution in [2.45, 2.75) is 32.0 Å². The number of nitrogens with zero attached hydrogens (tertiary/aromatic N) is 1. The van der Waals surface area contributed by atoms with Gasteiger partial charge in [0.15, 0.2) is 0 Å². The third-order valence-electron chi connectivity index (χ3n) is 1.66. The van der Waals surface area contributed by atoms with E-state index in [1.54, 1.807) is 12.3 Å². The molecule has 0 aliphatic heterocycles. The van der Waals surface area contributed by atoms with E-state index in [1.165, 1.54) is 11.3 Å². The van der Waals surface area contributed by atoms with Gasteiger partial charge in [0.2, 0.25) is 0 Å². The van der Waals surface area contributed by atoms with Gasteiger partial charge in [0, 0.05) is 24.3 Å². The minimum Gasteiger partial charge on any atom is -0.323 e. The lowest BCUT2D eigenvalue weighted by Gasteiger charge is -2.03. The van der Waals surface area contributed by atoms with Crippen LogP contribution in [0, 0.1) is 0 Å². The predicted octanol–water partition coefficient (Wildman–Crippen LogP) is 2.66. The number of rotatable bonds is 3. The Balaban J connectivity index is 2.52. The summed E-state index contributed by atoms with van der Waals surface area (Å²) in [4.78, 5) is 4.01. The lowest BCUT2D eigenvalue weighted by Crippen LogP contribution is -2.09. The van der Waals surface area contributed by atoms with Gasteiger partial charge in [0.05, 0.1) is 10.7 Å². The number of thiazole rings is 1. The van der Waals surface area contributed by atoms with Gasteiger partial charge >= 0.3 is 6.18 Å². The largest absolute Gasteiger partial charge is 0.389 e. The molecule has 0 radical (unpaired) electrons. The number of halogens is 3. The highest BCUT2D eigenvalue weighted by molar-refractivity contribution is 7.09. The maximum atomic E-state index is 11.9. The molecule has 1 heterocycles. The highest BCUT2D eigenvalue weighted by Crippen LogP contribution is 2.24. The Kier molecular flexibility index (Phi) is 3.49. The van der Waals surface area contributed by atoms with Crippen molar-refractivity contribution in [3.8, 4) is 0 Å². The Morgan fingerprint density at radius 1 is 1.57 bits per heavy atom. The molecule has 14 heavy (non-hydrogen) atoms. The van der Waals surface area contributed by atoms with Crippen LogP contribution in [0.2, 0.25) is 0 Å². The number of aromatic nitrogens is 1. The topological polar surface area (TPSA) is 38.9 Å². The fourth-order valence-electron chi connectivity index (χ4n) is 0.898. The highest BCUT2D eigenvalue weighted by atomic mass is 32.1. The van der Waals surface area contributed by atoms with Crippen LogP contribution in [0.15, 0.2) is 5.38 Å². The van der Waals surface area contributed by atoms with Crippen molar-refractivity contribution < 1.29 is 13.2 Å². The van der Waals surface area contributed by atoms with Crippen LogP contribution in [0.4, 0.5) is 13.2 Å². The summed E-state index contributed by atoms with van der Waals surface area (Å²) in [5.74, 6) is 0. The lowest BCUT2D eigenvalue weighted by atomic mass is 10.3. The van der Waals surface area contributed by atoms with E-state index < -0.39 is 12.6 Å². The van der Waals surface area contributed by atoms with Gasteiger partial charge in [0.1, 0.15) is 0 Å². The lowest BCUT2D eigenvalue weighted by molar-refractivity contribution is -0.134. The number of aryl methyl sites for hydroxylation is 1. The third kappa shape index (κ3) is 3.63. The number of alkyl halides is 3. The first kappa shape index (κ1) is 11.5. The molecule has 0 saturated carbocycles. The Morgan fingerprint density at radius 3 is 2.64 bits per heavy atom. The molecule has 1 atom stereocenters. The average molecular weight is 224 g/mol. The second kappa shape index (κ2) is 4.27. The molecule has 0 bridgehead atoms. The second-order valence-electron chi connectivity index (χ2n) is 3.07. The molecule has 2 N–H and O–H groups in total. The number of hydrogen-bond acceptors (Lipinski definition) is 3. The van der Waals surface area contributed by atoms with Crippen molar-refractivity contribution in [3.05, 3.63) is 16.1 Å². The normalized spacial score (nSPS) is 14.4. The zero-order valence-electron chi connectivity index (χ0n) is 7.64. The Labute approximate surface area is 84.0 Å². The predicted molar refractivity (Wildman–Crippen MR) is 49.1 cm³/mol. The summed E-state index contributed by atoms with van der Waals surface area (Å²) in [5, 5.41) is 2.20. The molecule has 0 saturated heterocycles. The van der Waals surface area contributed by atoms with E-state index in [2.05, 4.69) is 4.98 Å². The van der Waals surface area contributed by atoms with E-state index >= 15 is 0 Å². The van der Waals surface area contributed by atoms with Crippen molar-refractivity contribution in [1.29, 1.82) is 0 Å². The smallest absolute Gasteiger partial charge is 0.323 e. The van der Waals surface area contributed by atoms with E-state index in [-0.39, 0.29) is 12.5 Å². The minimum absolute atomic E-state index is 0.0547. The van der Waals surface area contributed by atoms with Gasteiger partial charge in [-0.1, -0.05) is 0 Å². The van der Waals surface area contributed by atoms with E-state index in [9.17, 15) is 13.2 Å². The van der Waals surface area contributed by atoms with Crippen LogP contribution in [-0.2, 0) is 6.42 Å². The minimum atomic E-state index is -4.11. The first-order valence-electron chi connectivity index (χ1n) is 4.15. The molecule has 0 aromatic carbocycles. The van der Waals surface area contributed by atoms with Gasteiger partial charge in [-0.3, -0.25) is 0 Å². The van der Waals surface area contributed by atoms with Crippen LogP contribution >= 0.6 is 11.3 Å². The molecule has 0 fully saturated rings. The van der Waals surface area contributed by atoms with Gasteiger partial charge in [-0.2, -0.15) is 13.2 Å². The highest BCUT2D eigenvalue weighted by Gasteiger charge is 2.27. The summed E-state index contributed by atoms with van der Waals surface area (Å²) in [6.45, 7) is 1.75. The molecule has 0 aliphatic rings. The van der Waals surface area contributed by atoms with Gasteiger partial charge in [-0.05, 0) is 6.92 Å². The first-order chi connectivity index (χ1) is 6.38. The van der Waals surface area contributed by atoms with Crippen molar-refractivity contribution in [2.24, 2.45) is 5.73 Å². The fourth-order valence-corrected chi connectivity index (χ4v) is 1.80. The maximum Gasteiger partial charge on any atom is 0.389 e. The second-order valence-corrected chi connectivity index (χ2v) is 4.01. The summed E-state index contributed by atoms with van der Waals surface area (Å²) >= 11 is 1.23. The van der Waals surface area contributed by atoms with E-state index in [1.807, 2.05) is 0 Å². The first-order valence-corrected chi connectivity index (χ1v) is 5.03. The van der Waals surface area contributed by atoms with E-state index in [0.717, 1.165) is 0 Å². The van der Waals surface area contributed by atoms with Crippen molar-refractivity contribution >= 4 is 11.3 Å². The van der Waals surface area contributed by atoms with Gasteiger partial charge in [-0.15, -0.1) is 11.3 Å². The molecule has 1 unspecified atom stereocenters.